The van der Waals surface area contributed by atoms with E-state index >= 15 is 0 Å². The fourth-order valence-electron chi connectivity index (χ4n) is 4.25. The molecule has 1 aromatic rings. The number of hydrogen-bond acceptors (Lipinski definition) is 5. The third-order valence-electron chi connectivity index (χ3n) is 6.49. The number of unbranched alkanes of at least 4 members (excludes halogenated alkanes) is 15. The summed E-state index contributed by atoms with van der Waals surface area (Å²) in [6.45, 7) is 2.94. The molecule has 0 aliphatic carbocycles. The van der Waals surface area contributed by atoms with Gasteiger partial charge in [0.1, 0.15) is 11.9 Å². The smallest absolute Gasteiger partial charge is 0.175 e. The van der Waals surface area contributed by atoms with Crippen LogP contribution in [0.3, 0.4) is 0 Å². The summed E-state index contributed by atoms with van der Waals surface area (Å²) in [5.41, 5.74) is 0.409. The highest BCUT2D eigenvalue weighted by Crippen LogP contribution is 2.16. The minimum Gasteiger partial charge on any atom is -0.394 e. The molecular weight excluding hydrogens is 479 g/mol. The van der Waals surface area contributed by atoms with Crippen molar-refractivity contribution in [2.45, 2.75) is 127 Å². The predicted octanol–water partition coefficient (Wildman–Crippen LogP) is 7.38. The summed E-state index contributed by atoms with van der Waals surface area (Å²) >= 11 is 0. The lowest BCUT2D eigenvalue weighted by Gasteiger charge is -2.16. The number of aliphatic hydroxyl groups is 1. The summed E-state index contributed by atoms with van der Waals surface area (Å²) in [5.74, 6) is -0.628. The van der Waals surface area contributed by atoms with Gasteiger partial charge in [-0.25, -0.2) is 12.8 Å². The molecule has 1 N–H and O–H groups in total. The van der Waals surface area contributed by atoms with Crippen LogP contribution in [0.1, 0.15) is 115 Å². The number of benzene rings is 1. The molecule has 1 atom stereocenters. The van der Waals surface area contributed by atoms with Crippen LogP contribution in [-0.4, -0.2) is 45.7 Å². The zero-order chi connectivity index (χ0) is 26.5. The number of sulfone groups is 1. The van der Waals surface area contributed by atoms with Crippen LogP contribution in [0.15, 0.2) is 23.1 Å². The first kappa shape index (κ1) is 33.0. The van der Waals surface area contributed by atoms with Crippen LogP contribution in [0.4, 0.5) is 4.39 Å². The zero-order valence-corrected chi connectivity index (χ0v) is 23.6. The third kappa shape index (κ3) is 17.4. The summed E-state index contributed by atoms with van der Waals surface area (Å²) in [7, 11) is -3.50. The summed E-state index contributed by atoms with van der Waals surface area (Å²) in [5, 5.41) is 9.51. The quantitative estimate of drug-likeness (QED) is 0.141. The van der Waals surface area contributed by atoms with Crippen molar-refractivity contribution < 1.29 is 27.4 Å². The van der Waals surface area contributed by atoms with Crippen LogP contribution in [-0.2, 0) is 25.9 Å². The van der Waals surface area contributed by atoms with Crippen LogP contribution in [0.2, 0.25) is 0 Å². The Kier molecular flexibility index (Phi) is 19.2. The molecule has 1 unspecified atom stereocenters. The van der Waals surface area contributed by atoms with Gasteiger partial charge >= 0.3 is 0 Å². The Morgan fingerprint density at radius 2 is 1.31 bits per heavy atom. The van der Waals surface area contributed by atoms with Gasteiger partial charge in [0.05, 0.1) is 24.7 Å². The normalized spacial score (nSPS) is 12.8. The topological polar surface area (TPSA) is 72.8 Å². The summed E-state index contributed by atoms with van der Waals surface area (Å²) in [6.07, 6.45) is 21.7. The lowest BCUT2D eigenvalue weighted by Crippen LogP contribution is -2.24. The van der Waals surface area contributed by atoms with E-state index in [0.29, 0.717) is 12.2 Å². The molecule has 0 radical (unpaired) electrons. The van der Waals surface area contributed by atoms with Crippen molar-refractivity contribution in [1.29, 1.82) is 0 Å². The Morgan fingerprint density at radius 3 is 1.78 bits per heavy atom. The van der Waals surface area contributed by atoms with Gasteiger partial charge in [-0.2, -0.15) is 0 Å². The molecule has 0 aliphatic rings. The largest absolute Gasteiger partial charge is 0.394 e. The highest BCUT2D eigenvalue weighted by molar-refractivity contribution is 7.90. The molecule has 0 aliphatic heterocycles. The Morgan fingerprint density at radius 1 is 0.806 bits per heavy atom. The van der Waals surface area contributed by atoms with Gasteiger partial charge in [0, 0.05) is 12.9 Å². The molecular formula is C29H51FO5S. The second-order valence-corrected chi connectivity index (χ2v) is 12.1. The molecule has 0 amide bonds. The average Bonchev–Trinajstić information content (AvgIpc) is 2.84. The predicted molar refractivity (Wildman–Crippen MR) is 146 cm³/mol. The summed E-state index contributed by atoms with van der Waals surface area (Å²) in [4.78, 5) is -0.0820. The number of hydrogen-bond donors (Lipinski definition) is 1. The molecule has 5 nitrogen and oxygen atoms in total. The van der Waals surface area contributed by atoms with Crippen molar-refractivity contribution in [3.63, 3.8) is 0 Å². The van der Waals surface area contributed by atoms with Crippen LogP contribution in [0.25, 0.3) is 0 Å². The van der Waals surface area contributed by atoms with Crippen molar-refractivity contribution in [3.8, 4) is 0 Å². The molecule has 0 saturated heterocycles. The zero-order valence-electron chi connectivity index (χ0n) is 22.8. The fraction of sp³-hybridized carbons (Fsp3) is 0.793. The van der Waals surface area contributed by atoms with Gasteiger partial charge in [0.2, 0.25) is 0 Å². The second-order valence-electron chi connectivity index (χ2n) is 10.1. The maximum atomic E-state index is 13.7. The lowest BCUT2D eigenvalue weighted by molar-refractivity contribution is -0.0503. The van der Waals surface area contributed by atoms with E-state index in [1.54, 1.807) is 0 Å². The van der Waals surface area contributed by atoms with Gasteiger partial charge in [-0.1, -0.05) is 103 Å². The number of halogens is 1. The maximum absolute atomic E-state index is 13.7. The van der Waals surface area contributed by atoms with Gasteiger partial charge in [-0.3, -0.25) is 0 Å². The summed E-state index contributed by atoms with van der Waals surface area (Å²) in [6, 6.07) is 3.62. The first-order valence-corrected chi connectivity index (χ1v) is 16.1. The van der Waals surface area contributed by atoms with E-state index in [-0.39, 0.29) is 24.7 Å². The van der Waals surface area contributed by atoms with E-state index in [2.05, 4.69) is 6.92 Å². The van der Waals surface area contributed by atoms with E-state index in [9.17, 15) is 17.9 Å². The van der Waals surface area contributed by atoms with Crippen LogP contribution in [0.5, 0.6) is 0 Å². The van der Waals surface area contributed by atoms with Gasteiger partial charge in [0.15, 0.2) is 9.84 Å². The first-order valence-electron chi connectivity index (χ1n) is 14.2. The second kappa shape index (κ2) is 21.0. The Hall–Kier alpha value is -1.02. The molecule has 36 heavy (non-hydrogen) atoms. The molecule has 7 heteroatoms. The molecule has 1 aromatic carbocycles. The fourth-order valence-corrected chi connectivity index (χ4v) is 4.94. The van der Waals surface area contributed by atoms with Crippen molar-refractivity contribution in [2.24, 2.45) is 0 Å². The highest BCUT2D eigenvalue weighted by Gasteiger charge is 2.13. The Bertz CT molecular complexity index is 769. The first-order chi connectivity index (χ1) is 17.4. The minimum absolute atomic E-state index is 0.00785. The Balaban J connectivity index is 1.97. The molecule has 0 spiro atoms. The number of rotatable bonds is 24. The van der Waals surface area contributed by atoms with E-state index in [1.807, 2.05) is 0 Å². The average molecular weight is 531 g/mol. The lowest BCUT2D eigenvalue weighted by atomic mass is 10.0. The van der Waals surface area contributed by atoms with Gasteiger partial charge in [-0.15, -0.1) is 0 Å². The van der Waals surface area contributed by atoms with Gasteiger partial charge < -0.3 is 14.6 Å². The minimum atomic E-state index is -3.50. The van der Waals surface area contributed by atoms with Crippen LogP contribution >= 0.6 is 0 Å². The van der Waals surface area contributed by atoms with Gasteiger partial charge in [0.25, 0.3) is 0 Å². The standard InChI is InChI=1S/C29H51FO5S/c1-3-4-5-6-7-8-9-10-11-12-13-14-15-16-17-18-19-34-25-28(23-31)35-24-26-20-27(30)22-29(21-26)36(2,32)33/h20-22,28,31H,3-19,23-25H2,1-2H3. The molecule has 0 bridgehead atoms. The van der Waals surface area contributed by atoms with Crippen molar-refractivity contribution in [3.05, 3.63) is 29.6 Å². The SMILES string of the molecule is CCCCCCCCCCCCCCCCCCOCC(CO)OCc1cc(F)cc(S(C)(=O)=O)c1. The van der Waals surface area contributed by atoms with Crippen molar-refractivity contribution in [1.82, 2.24) is 0 Å². The monoisotopic (exact) mass is 530 g/mol. The van der Waals surface area contributed by atoms with Crippen molar-refractivity contribution in [2.75, 3.05) is 26.1 Å². The molecule has 0 heterocycles. The molecule has 1 rings (SSSR count). The van der Waals surface area contributed by atoms with E-state index in [4.69, 9.17) is 9.47 Å². The maximum Gasteiger partial charge on any atom is 0.175 e. The van der Waals surface area contributed by atoms with E-state index < -0.39 is 21.8 Å². The molecule has 210 valence electrons. The highest BCUT2D eigenvalue weighted by atomic mass is 32.2. The van der Waals surface area contributed by atoms with E-state index in [1.165, 1.54) is 102 Å². The molecule has 0 fully saturated rings. The van der Waals surface area contributed by atoms with Crippen LogP contribution < -0.4 is 0 Å². The Labute approximate surface area is 220 Å². The van der Waals surface area contributed by atoms with Gasteiger partial charge in [-0.05, 0) is 30.2 Å². The number of ether oxygens (including phenoxy) is 2. The van der Waals surface area contributed by atoms with Crippen molar-refractivity contribution >= 4 is 9.84 Å². The number of aliphatic hydroxyl groups excluding tert-OH is 1. The molecule has 0 saturated carbocycles. The third-order valence-corrected chi connectivity index (χ3v) is 7.59. The van der Waals surface area contributed by atoms with E-state index in [0.717, 1.165) is 25.2 Å². The van der Waals surface area contributed by atoms with Crippen LogP contribution in [0, 0.1) is 5.82 Å². The molecule has 0 aromatic heterocycles. The summed E-state index contributed by atoms with van der Waals surface area (Å²) < 4.78 is 48.3.